The van der Waals surface area contributed by atoms with Crippen molar-refractivity contribution in [3.05, 3.63) is 42.5 Å². The van der Waals surface area contributed by atoms with Crippen molar-refractivity contribution in [2.75, 3.05) is 13.2 Å². The van der Waals surface area contributed by atoms with Crippen molar-refractivity contribution >= 4 is 16.8 Å². The molecule has 1 aromatic heterocycles. The van der Waals surface area contributed by atoms with E-state index in [2.05, 4.69) is 15.5 Å². The Balaban J connectivity index is 1.78. The maximum Gasteiger partial charge on any atom is 0.258 e. The molecule has 4 bridgehead atoms. The van der Waals surface area contributed by atoms with E-state index in [-0.39, 0.29) is 19.1 Å². The summed E-state index contributed by atoms with van der Waals surface area (Å²) in [6.07, 6.45) is -1.34. The fourth-order valence-electron chi connectivity index (χ4n) is 2.89. The van der Waals surface area contributed by atoms with Gasteiger partial charge in [0.1, 0.15) is 23.8 Å². The Hall–Kier alpha value is -3.09. The number of fused-ring (bicyclic) bond motifs is 4. The molecule has 0 saturated carbocycles. The van der Waals surface area contributed by atoms with Gasteiger partial charge in [-0.1, -0.05) is 12.1 Å². The number of aromatic nitrogens is 2. The third-order valence-electron chi connectivity index (χ3n) is 4.35. The molecule has 0 radical (unpaired) electrons. The number of carbonyl (C=O) groups excluding carboxylic acids is 1. The highest BCUT2D eigenvalue weighted by molar-refractivity contribution is 5.94. The molecule has 26 heavy (non-hydrogen) atoms. The van der Waals surface area contributed by atoms with Crippen molar-refractivity contribution in [2.45, 2.75) is 19.1 Å². The molecule has 4 rings (SSSR count). The molecule has 0 saturated heterocycles. The number of hydrogen-bond acceptors (Lipinski definition) is 4. The molecule has 2 N–H and O–H groups in total. The molecule has 3 aromatic rings. The van der Waals surface area contributed by atoms with Gasteiger partial charge in [0.05, 0.1) is 11.6 Å². The van der Waals surface area contributed by atoms with Gasteiger partial charge in [0.15, 0.2) is 12.8 Å². The minimum atomic E-state index is -1.34. The molecule has 1 amide bonds. The van der Waals surface area contributed by atoms with Gasteiger partial charge in [-0.25, -0.2) is 4.39 Å². The summed E-state index contributed by atoms with van der Waals surface area (Å²) in [5.41, 5.74) is 2.43. The van der Waals surface area contributed by atoms with E-state index >= 15 is 0 Å². The predicted octanol–water partition coefficient (Wildman–Crippen LogP) is 2.84. The van der Waals surface area contributed by atoms with Gasteiger partial charge in [-0.3, -0.25) is 9.89 Å². The molecule has 6 nitrogen and oxygen atoms in total. The molecule has 7 heteroatoms. The monoisotopic (exact) mass is 355 g/mol. The van der Waals surface area contributed by atoms with Crippen molar-refractivity contribution < 1.29 is 18.7 Å². The van der Waals surface area contributed by atoms with Crippen molar-refractivity contribution in [3.63, 3.8) is 0 Å². The summed E-state index contributed by atoms with van der Waals surface area (Å²) in [6, 6.07) is 12.1. The van der Waals surface area contributed by atoms with Crippen LogP contribution in [0.25, 0.3) is 22.2 Å². The highest BCUT2D eigenvalue weighted by Gasteiger charge is 2.20. The quantitative estimate of drug-likeness (QED) is 0.650. The zero-order valence-corrected chi connectivity index (χ0v) is 14.2. The highest BCUT2D eigenvalue weighted by Crippen LogP contribution is 2.31. The molecular formula is C19H18FN3O3. The second-order valence-electron chi connectivity index (χ2n) is 6.28. The minimum absolute atomic E-state index is 0.158. The standard InChI is InChI=1S/C19H18FN3O3/c1-11-16(20)9-25-14-5-6-17-15(8-14)19(23-22-17)12-3-2-4-13(7-12)26-10-18(24)21-11/h2-8,11,16H,9-10H2,1H3,(H,21,24)(H,22,23)/t11-,16+/m0/s1. The number of carbonyl (C=O) groups is 1. The van der Waals surface area contributed by atoms with Gasteiger partial charge in [-0.15, -0.1) is 0 Å². The number of nitrogens with one attached hydrogen (secondary N) is 2. The fraction of sp³-hybridized carbons (Fsp3) is 0.263. The van der Waals surface area contributed by atoms with Gasteiger partial charge in [0.2, 0.25) is 0 Å². The first-order chi connectivity index (χ1) is 12.6. The van der Waals surface area contributed by atoms with E-state index in [4.69, 9.17) is 9.47 Å². The zero-order valence-electron chi connectivity index (χ0n) is 14.2. The van der Waals surface area contributed by atoms with Crippen LogP contribution in [0.5, 0.6) is 11.5 Å². The van der Waals surface area contributed by atoms with Crippen molar-refractivity contribution in [1.82, 2.24) is 15.5 Å². The maximum absolute atomic E-state index is 14.3. The lowest BCUT2D eigenvalue weighted by Gasteiger charge is -2.19. The lowest BCUT2D eigenvalue weighted by atomic mass is 10.1. The Bertz CT molecular complexity index is 956. The van der Waals surface area contributed by atoms with E-state index in [9.17, 15) is 9.18 Å². The third-order valence-corrected chi connectivity index (χ3v) is 4.35. The van der Waals surface area contributed by atoms with Gasteiger partial charge in [-0.2, -0.15) is 5.10 Å². The van der Waals surface area contributed by atoms with E-state index in [0.29, 0.717) is 11.5 Å². The van der Waals surface area contributed by atoms with Crippen LogP contribution in [0.3, 0.4) is 0 Å². The summed E-state index contributed by atoms with van der Waals surface area (Å²) in [5.74, 6) is 0.701. The number of halogens is 1. The van der Waals surface area contributed by atoms with Crippen LogP contribution < -0.4 is 14.8 Å². The summed E-state index contributed by atoms with van der Waals surface area (Å²) < 4.78 is 25.4. The van der Waals surface area contributed by atoms with Crippen LogP contribution in [0.2, 0.25) is 0 Å². The third kappa shape index (κ3) is 3.20. The summed E-state index contributed by atoms with van der Waals surface area (Å²) in [7, 11) is 0. The number of ether oxygens (including phenoxy) is 2. The molecule has 2 aromatic carbocycles. The number of nitrogens with zero attached hydrogens (tertiary/aromatic N) is 1. The maximum atomic E-state index is 14.3. The smallest absolute Gasteiger partial charge is 0.258 e. The summed E-state index contributed by atoms with van der Waals surface area (Å²) in [5, 5.41) is 10.8. The number of aromatic amines is 1. The lowest BCUT2D eigenvalue weighted by molar-refractivity contribution is -0.124. The second-order valence-corrected chi connectivity index (χ2v) is 6.28. The van der Waals surface area contributed by atoms with Crippen LogP contribution in [0.15, 0.2) is 42.5 Å². The number of benzene rings is 2. The van der Waals surface area contributed by atoms with Crippen LogP contribution >= 0.6 is 0 Å². The van der Waals surface area contributed by atoms with Gasteiger partial charge in [0.25, 0.3) is 5.91 Å². The van der Waals surface area contributed by atoms with Gasteiger partial charge in [0, 0.05) is 10.9 Å². The minimum Gasteiger partial charge on any atom is -0.490 e. The van der Waals surface area contributed by atoms with Crippen molar-refractivity contribution in [2.24, 2.45) is 0 Å². The molecule has 134 valence electrons. The van der Waals surface area contributed by atoms with Crippen molar-refractivity contribution in [3.8, 4) is 22.8 Å². The average Bonchev–Trinajstić information content (AvgIpc) is 3.07. The van der Waals surface area contributed by atoms with E-state index < -0.39 is 12.2 Å². The number of alkyl halides is 1. The van der Waals surface area contributed by atoms with Crippen LogP contribution in [0.4, 0.5) is 4.39 Å². The molecule has 2 heterocycles. The highest BCUT2D eigenvalue weighted by atomic mass is 19.1. The van der Waals surface area contributed by atoms with E-state index in [1.165, 1.54) is 0 Å². The van der Waals surface area contributed by atoms with Crippen LogP contribution in [0.1, 0.15) is 6.92 Å². The number of rotatable bonds is 0. The first-order valence-corrected chi connectivity index (χ1v) is 8.38. The molecule has 1 aliphatic heterocycles. The fourth-order valence-corrected chi connectivity index (χ4v) is 2.89. The van der Waals surface area contributed by atoms with E-state index in [1.54, 1.807) is 19.1 Å². The van der Waals surface area contributed by atoms with Gasteiger partial charge < -0.3 is 14.8 Å². The topological polar surface area (TPSA) is 76.2 Å². The Morgan fingerprint density at radius 3 is 2.88 bits per heavy atom. The molecule has 0 aliphatic carbocycles. The molecule has 2 atom stereocenters. The van der Waals surface area contributed by atoms with Crippen LogP contribution in [0, 0.1) is 0 Å². The van der Waals surface area contributed by atoms with Crippen LogP contribution in [-0.2, 0) is 4.79 Å². The van der Waals surface area contributed by atoms with E-state index in [0.717, 1.165) is 22.2 Å². The Morgan fingerprint density at radius 1 is 1.15 bits per heavy atom. The molecule has 0 spiro atoms. The first kappa shape index (κ1) is 16.4. The number of hydrogen-bond donors (Lipinski definition) is 2. The lowest BCUT2D eigenvalue weighted by Crippen LogP contribution is -2.43. The average molecular weight is 355 g/mol. The van der Waals surface area contributed by atoms with Gasteiger partial charge >= 0.3 is 0 Å². The molecule has 0 fully saturated rings. The Kier molecular flexibility index (Phi) is 4.20. The largest absolute Gasteiger partial charge is 0.490 e. The summed E-state index contributed by atoms with van der Waals surface area (Å²) >= 11 is 0. The normalized spacial score (nSPS) is 20.6. The molecule has 1 aliphatic rings. The zero-order chi connectivity index (χ0) is 18.1. The SMILES string of the molecule is C[C@@H]1NC(=O)COc2cccc(c2)-c2n[nH]c3ccc(cc23)OC[C@H]1F. The predicted molar refractivity (Wildman–Crippen MR) is 95.0 cm³/mol. The second kappa shape index (κ2) is 6.67. The summed E-state index contributed by atoms with van der Waals surface area (Å²) in [6.45, 7) is 1.25. The molecular weight excluding hydrogens is 337 g/mol. The first-order valence-electron chi connectivity index (χ1n) is 8.38. The summed E-state index contributed by atoms with van der Waals surface area (Å²) in [4.78, 5) is 12.0. The van der Waals surface area contributed by atoms with Gasteiger partial charge in [-0.05, 0) is 37.3 Å². The Morgan fingerprint density at radius 2 is 2.00 bits per heavy atom. The number of H-pyrrole nitrogens is 1. The molecule has 0 unspecified atom stereocenters. The Labute approximate surface area is 149 Å². The number of amides is 1. The van der Waals surface area contributed by atoms with Crippen molar-refractivity contribution in [1.29, 1.82) is 0 Å². The van der Waals surface area contributed by atoms with E-state index in [1.807, 2.05) is 30.3 Å². The van der Waals surface area contributed by atoms with Crippen LogP contribution in [-0.4, -0.2) is 41.5 Å².